The van der Waals surface area contributed by atoms with Gasteiger partial charge >= 0.3 is 0 Å². The quantitative estimate of drug-likeness (QED) is 0.541. The molecule has 1 aliphatic heterocycles. The topological polar surface area (TPSA) is 108 Å². The van der Waals surface area contributed by atoms with Gasteiger partial charge in [-0.25, -0.2) is 9.97 Å². The number of piperazine rings is 1. The van der Waals surface area contributed by atoms with Crippen LogP contribution in [0.3, 0.4) is 0 Å². The number of rotatable bonds is 4. The number of H-pyrrole nitrogens is 1. The van der Waals surface area contributed by atoms with Crippen LogP contribution in [0.1, 0.15) is 18.0 Å². The van der Waals surface area contributed by atoms with Gasteiger partial charge in [-0.2, -0.15) is 0 Å². The molecule has 1 fully saturated rings. The Morgan fingerprint density at radius 2 is 2.04 bits per heavy atom. The number of nitro benzene ring substituents is 1. The van der Waals surface area contributed by atoms with Gasteiger partial charge in [0, 0.05) is 43.8 Å². The highest BCUT2D eigenvalue weighted by molar-refractivity contribution is 7.09. The highest BCUT2D eigenvalue weighted by Crippen LogP contribution is 2.33. The smallest absolute Gasteiger partial charge is 0.293 e. The van der Waals surface area contributed by atoms with E-state index in [-0.39, 0.29) is 22.7 Å². The second-order valence-electron chi connectivity index (χ2n) is 6.42. The van der Waals surface area contributed by atoms with Crippen molar-refractivity contribution in [1.29, 1.82) is 0 Å². The fraction of sp³-hybridized carbons (Fsp3) is 0.353. The zero-order chi connectivity index (χ0) is 19.0. The second kappa shape index (κ2) is 7.05. The van der Waals surface area contributed by atoms with Crippen LogP contribution in [0.15, 0.2) is 34.8 Å². The fourth-order valence-corrected chi connectivity index (χ4v) is 4.17. The Morgan fingerprint density at radius 3 is 2.70 bits per heavy atom. The van der Waals surface area contributed by atoms with Gasteiger partial charge in [-0.15, -0.1) is 11.3 Å². The van der Waals surface area contributed by atoms with Crippen molar-refractivity contribution >= 4 is 33.6 Å². The van der Waals surface area contributed by atoms with Crippen molar-refractivity contribution in [3.05, 3.63) is 55.5 Å². The van der Waals surface area contributed by atoms with Crippen molar-refractivity contribution in [1.82, 2.24) is 19.9 Å². The van der Waals surface area contributed by atoms with Gasteiger partial charge in [0.05, 0.1) is 28.2 Å². The van der Waals surface area contributed by atoms with Gasteiger partial charge in [0.25, 0.3) is 11.2 Å². The largest absolute Gasteiger partial charge is 0.363 e. The zero-order valence-electron chi connectivity index (χ0n) is 14.7. The lowest BCUT2D eigenvalue weighted by atomic mass is 10.1. The van der Waals surface area contributed by atoms with Crippen molar-refractivity contribution in [2.45, 2.75) is 13.0 Å². The highest BCUT2D eigenvalue weighted by Gasteiger charge is 2.28. The lowest BCUT2D eigenvalue weighted by Gasteiger charge is -2.38. The van der Waals surface area contributed by atoms with E-state index in [4.69, 9.17) is 0 Å². The van der Waals surface area contributed by atoms with Crippen LogP contribution in [0.5, 0.6) is 0 Å². The molecule has 0 saturated carbocycles. The maximum absolute atomic E-state index is 11.9. The molecule has 140 valence electrons. The summed E-state index contributed by atoms with van der Waals surface area (Å²) in [5.41, 5.74) is 0.518. The predicted octanol–water partition coefficient (Wildman–Crippen LogP) is 2.17. The summed E-state index contributed by atoms with van der Waals surface area (Å²) in [6.07, 6.45) is 3.12. The van der Waals surface area contributed by atoms with E-state index in [0.29, 0.717) is 24.3 Å². The standard InChI is InChI=1S/C17H18N6O3S/c1-11(17-18-2-7-27-17)21-3-5-22(6-4-21)14-9-13-12(8-15(14)23(25)26)16(24)20-10-19-13/h2,7-11H,3-6H2,1H3,(H,19,20,24). The van der Waals surface area contributed by atoms with Crippen molar-refractivity contribution in [3.8, 4) is 0 Å². The molecule has 1 N–H and O–H groups in total. The summed E-state index contributed by atoms with van der Waals surface area (Å²) in [6, 6.07) is 3.18. The van der Waals surface area contributed by atoms with Crippen molar-refractivity contribution < 1.29 is 4.92 Å². The third-order valence-electron chi connectivity index (χ3n) is 4.94. The number of nitro groups is 1. The van der Waals surface area contributed by atoms with Crippen LogP contribution < -0.4 is 10.5 Å². The Morgan fingerprint density at radius 1 is 1.26 bits per heavy atom. The molecule has 4 rings (SSSR count). The SMILES string of the molecule is CC(c1nccs1)N1CCN(c2cc3nc[nH]c(=O)c3cc2[N+](=O)[O-])CC1. The molecule has 1 unspecified atom stereocenters. The van der Waals surface area contributed by atoms with Crippen LogP contribution in [0.4, 0.5) is 11.4 Å². The normalized spacial score (nSPS) is 16.6. The lowest BCUT2D eigenvalue weighted by Crippen LogP contribution is -2.47. The zero-order valence-corrected chi connectivity index (χ0v) is 15.5. The number of benzene rings is 1. The van der Waals surface area contributed by atoms with Gasteiger partial charge in [0.15, 0.2) is 0 Å². The molecule has 1 saturated heterocycles. The average Bonchev–Trinajstić information content (AvgIpc) is 3.22. The highest BCUT2D eigenvalue weighted by atomic mass is 32.1. The molecule has 2 aromatic heterocycles. The van der Waals surface area contributed by atoms with Crippen molar-refractivity contribution in [2.24, 2.45) is 0 Å². The number of hydrogen-bond acceptors (Lipinski definition) is 8. The maximum atomic E-state index is 11.9. The first-order chi connectivity index (χ1) is 13.0. The van der Waals surface area contributed by atoms with E-state index < -0.39 is 4.92 Å². The third kappa shape index (κ3) is 3.28. The molecule has 0 spiro atoms. The van der Waals surface area contributed by atoms with Gasteiger partial charge in [-0.05, 0) is 13.0 Å². The van der Waals surface area contributed by atoms with E-state index in [2.05, 4.69) is 26.8 Å². The molecule has 1 atom stereocenters. The molecule has 1 aliphatic rings. The van der Waals surface area contributed by atoms with E-state index in [9.17, 15) is 14.9 Å². The van der Waals surface area contributed by atoms with Crippen molar-refractivity contribution in [3.63, 3.8) is 0 Å². The summed E-state index contributed by atoms with van der Waals surface area (Å²) in [5, 5.41) is 14.8. The first kappa shape index (κ1) is 17.6. The first-order valence-electron chi connectivity index (χ1n) is 8.59. The third-order valence-corrected chi connectivity index (χ3v) is 5.89. The number of fused-ring (bicyclic) bond motifs is 1. The second-order valence-corrected chi connectivity index (χ2v) is 7.34. The minimum atomic E-state index is -0.439. The van der Waals surface area contributed by atoms with Crippen LogP contribution >= 0.6 is 11.3 Å². The Kier molecular flexibility index (Phi) is 4.58. The Labute approximate surface area is 158 Å². The minimum absolute atomic E-state index is 0.0672. The lowest BCUT2D eigenvalue weighted by molar-refractivity contribution is -0.384. The minimum Gasteiger partial charge on any atom is -0.363 e. The van der Waals surface area contributed by atoms with Gasteiger partial charge in [0.1, 0.15) is 10.7 Å². The van der Waals surface area contributed by atoms with Crippen LogP contribution in [0.25, 0.3) is 10.9 Å². The van der Waals surface area contributed by atoms with Crippen LogP contribution in [-0.4, -0.2) is 51.0 Å². The number of aromatic amines is 1. The molecule has 10 heteroatoms. The number of thiazole rings is 1. The number of aromatic nitrogens is 3. The Bertz CT molecular complexity index is 1030. The van der Waals surface area contributed by atoms with E-state index in [1.54, 1.807) is 23.6 Å². The number of nitrogens with zero attached hydrogens (tertiary/aromatic N) is 5. The number of anilines is 1. The molecule has 3 heterocycles. The Balaban J connectivity index is 1.61. The summed E-state index contributed by atoms with van der Waals surface area (Å²) in [6.45, 7) is 5.00. The number of nitrogens with one attached hydrogen (secondary N) is 1. The predicted molar refractivity (Wildman–Crippen MR) is 103 cm³/mol. The molecule has 3 aromatic rings. The van der Waals surface area contributed by atoms with Gasteiger partial charge < -0.3 is 9.88 Å². The molecule has 27 heavy (non-hydrogen) atoms. The van der Waals surface area contributed by atoms with Crippen LogP contribution in [0, 0.1) is 10.1 Å². The molecular formula is C17H18N6O3S. The Hall–Kier alpha value is -2.85. The molecule has 0 bridgehead atoms. The summed E-state index contributed by atoms with van der Waals surface area (Å²) in [4.78, 5) is 38.4. The average molecular weight is 386 g/mol. The molecular weight excluding hydrogens is 368 g/mol. The van der Waals surface area contributed by atoms with E-state index in [0.717, 1.165) is 18.1 Å². The summed E-state index contributed by atoms with van der Waals surface area (Å²) >= 11 is 1.63. The van der Waals surface area contributed by atoms with Gasteiger partial charge in [0.2, 0.25) is 0 Å². The van der Waals surface area contributed by atoms with E-state index in [1.165, 1.54) is 12.4 Å². The molecule has 9 nitrogen and oxygen atoms in total. The summed E-state index contributed by atoms with van der Waals surface area (Å²) in [7, 11) is 0. The maximum Gasteiger partial charge on any atom is 0.293 e. The monoisotopic (exact) mass is 386 g/mol. The molecule has 0 aliphatic carbocycles. The molecule has 0 radical (unpaired) electrons. The fourth-order valence-electron chi connectivity index (χ4n) is 3.44. The van der Waals surface area contributed by atoms with E-state index in [1.807, 2.05) is 10.3 Å². The van der Waals surface area contributed by atoms with Crippen molar-refractivity contribution in [2.75, 3.05) is 31.1 Å². The summed E-state index contributed by atoms with van der Waals surface area (Å²) in [5.74, 6) is 0. The summed E-state index contributed by atoms with van der Waals surface area (Å²) < 4.78 is 0. The van der Waals surface area contributed by atoms with E-state index >= 15 is 0 Å². The number of hydrogen-bond donors (Lipinski definition) is 1. The molecule has 1 aromatic carbocycles. The van der Waals surface area contributed by atoms with Gasteiger partial charge in [-0.3, -0.25) is 19.8 Å². The first-order valence-corrected chi connectivity index (χ1v) is 9.47. The van der Waals surface area contributed by atoms with Gasteiger partial charge in [-0.1, -0.05) is 0 Å². The molecule has 0 amide bonds. The van der Waals surface area contributed by atoms with Crippen LogP contribution in [-0.2, 0) is 0 Å². The van der Waals surface area contributed by atoms with Crippen LogP contribution in [0.2, 0.25) is 0 Å².